The molecule has 1 saturated heterocycles. The maximum absolute atomic E-state index is 13.1. The first-order valence-electron chi connectivity index (χ1n) is 9.74. The predicted octanol–water partition coefficient (Wildman–Crippen LogP) is 3.98. The average molecular weight is 464 g/mol. The van der Waals surface area contributed by atoms with E-state index in [2.05, 4.69) is 10.1 Å². The summed E-state index contributed by atoms with van der Waals surface area (Å²) in [5.74, 6) is 1.77. The lowest BCUT2D eigenvalue weighted by Gasteiger charge is -2.30. The van der Waals surface area contributed by atoms with Crippen LogP contribution in [-0.2, 0) is 10.0 Å². The van der Waals surface area contributed by atoms with Gasteiger partial charge in [0.25, 0.3) is 0 Å². The Balaban J connectivity index is 1.56. The third-order valence-electron chi connectivity index (χ3n) is 5.27. The molecule has 164 valence electrons. The van der Waals surface area contributed by atoms with Crippen molar-refractivity contribution in [1.29, 1.82) is 0 Å². The molecule has 2 heterocycles. The summed E-state index contributed by atoms with van der Waals surface area (Å²) in [7, 11) is -0.595. The first kappa shape index (κ1) is 21.6. The molecule has 0 N–H and O–H groups in total. The Bertz CT molecular complexity index is 1180. The first-order chi connectivity index (χ1) is 14.9. The van der Waals surface area contributed by atoms with Crippen molar-refractivity contribution in [3.8, 4) is 22.9 Å². The van der Waals surface area contributed by atoms with Crippen LogP contribution in [-0.4, -0.2) is 50.2 Å². The minimum absolute atomic E-state index is 0.105. The number of hydrogen-bond acceptors (Lipinski definition) is 7. The zero-order valence-corrected chi connectivity index (χ0v) is 18.7. The van der Waals surface area contributed by atoms with Crippen molar-refractivity contribution in [2.45, 2.75) is 23.7 Å². The smallest absolute Gasteiger partial charge is 0.244 e. The lowest BCUT2D eigenvalue weighted by atomic mass is 10.00. The highest BCUT2D eigenvalue weighted by molar-refractivity contribution is 7.89. The molecular weight excluding hydrogens is 442 g/mol. The molecule has 8 nitrogen and oxygen atoms in total. The Hall–Kier alpha value is -2.62. The number of hydrogen-bond donors (Lipinski definition) is 0. The van der Waals surface area contributed by atoms with Crippen LogP contribution < -0.4 is 9.47 Å². The molecule has 1 atom stereocenters. The quantitative estimate of drug-likeness (QED) is 0.545. The summed E-state index contributed by atoms with van der Waals surface area (Å²) in [6.45, 7) is 0.669. The van der Waals surface area contributed by atoms with Crippen LogP contribution in [0.25, 0.3) is 11.4 Å². The van der Waals surface area contributed by atoms with Crippen molar-refractivity contribution < 1.29 is 22.4 Å². The summed E-state index contributed by atoms with van der Waals surface area (Å²) < 4.78 is 43.7. The van der Waals surface area contributed by atoms with Gasteiger partial charge < -0.3 is 14.0 Å². The maximum atomic E-state index is 13.1. The van der Waals surface area contributed by atoms with E-state index in [-0.39, 0.29) is 22.4 Å². The number of halogens is 1. The fraction of sp³-hybridized carbons (Fsp3) is 0.333. The maximum Gasteiger partial charge on any atom is 0.244 e. The predicted molar refractivity (Wildman–Crippen MR) is 115 cm³/mol. The molecule has 0 spiro atoms. The lowest BCUT2D eigenvalue weighted by Crippen LogP contribution is -2.39. The molecule has 0 unspecified atom stereocenters. The van der Waals surface area contributed by atoms with Crippen molar-refractivity contribution in [3.05, 3.63) is 53.4 Å². The molecule has 1 fully saturated rings. The number of nitrogens with zero attached hydrogens (tertiary/aromatic N) is 3. The molecule has 0 radical (unpaired) electrons. The van der Waals surface area contributed by atoms with Gasteiger partial charge in [-0.3, -0.25) is 0 Å². The van der Waals surface area contributed by atoms with E-state index in [1.807, 2.05) is 6.07 Å². The number of ether oxygens (including phenoxy) is 2. The number of aromatic nitrogens is 2. The molecule has 3 aromatic rings. The number of rotatable bonds is 6. The van der Waals surface area contributed by atoms with Gasteiger partial charge in [0, 0.05) is 18.7 Å². The Morgan fingerprint density at radius 3 is 2.65 bits per heavy atom. The van der Waals surface area contributed by atoms with Gasteiger partial charge in [0.1, 0.15) is 4.90 Å². The molecule has 0 bridgehead atoms. The van der Waals surface area contributed by atoms with Gasteiger partial charge in [-0.1, -0.05) is 28.9 Å². The molecule has 31 heavy (non-hydrogen) atoms. The van der Waals surface area contributed by atoms with Crippen molar-refractivity contribution in [2.75, 3.05) is 27.3 Å². The van der Waals surface area contributed by atoms with Gasteiger partial charge in [0.2, 0.25) is 21.7 Å². The van der Waals surface area contributed by atoms with E-state index in [1.54, 1.807) is 44.6 Å². The topological polar surface area (TPSA) is 94.8 Å². The van der Waals surface area contributed by atoms with Gasteiger partial charge in [-0.2, -0.15) is 9.29 Å². The Morgan fingerprint density at radius 1 is 1.13 bits per heavy atom. The van der Waals surface area contributed by atoms with E-state index >= 15 is 0 Å². The van der Waals surface area contributed by atoms with Crippen LogP contribution in [0.15, 0.2) is 51.9 Å². The summed E-state index contributed by atoms with van der Waals surface area (Å²) in [4.78, 5) is 4.63. The van der Waals surface area contributed by atoms with Gasteiger partial charge >= 0.3 is 0 Å². The fourth-order valence-electron chi connectivity index (χ4n) is 3.65. The Kier molecular flexibility index (Phi) is 6.17. The lowest BCUT2D eigenvalue weighted by molar-refractivity contribution is 0.265. The van der Waals surface area contributed by atoms with Crippen LogP contribution in [0, 0.1) is 0 Å². The molecule has 2 aromatic carbocycles. The van der Waals surface area contributed by atoms with Crippen molar-refractivity contribution >= 4 is 21.6 Å². The standard InChI is InChI=1S/C21H22ClN3O5S/c1-28-17-10-9-14(12-18(17)29-2)20-23-21(30-24-20)15-6-5-11-25(13-15)31(26,27)19-8-4-3-7-16(19)22/h3-4,7-10,12,15H,5-6,11,13H2,1-2H3/t15-/m0/s1. The van der Waals surface area contributed by atoms with Crippen molar-refractivity contribution in [1.82, 2.24) is 14.4 Å². The van der Waals surface area contributed by atoms with Gasteiger partial charge in [0.15, 0.2) is 11.5 Å². The third kappa shape index (κ3) is 4.26. The van der Waals surface area contributed by atoms with Gasteiger partial charge in [-0.25, -0.2) is 8.42 Å². The second-order valence-corrected chi connectivity index (χ2v) is 9.47. The van der Waals surface area contributed by atoms with Crippen LogP contribution in [0.1, 0.15) is 24.7 Å². The van der Waals surface area contributed by atoms with Gasteiger partial charge in [0.05, 0.1) is 25.2 Å². The highest BCUT2D eigenvalue weighted by Crippen LogP contribution is 2.34. The van der Waals surface area contributed by atoms with E-state index < -0.39 is 10.0 Å². The molecule has 0 aliphatic carbocycles. The highest BCUT2D eigenvalue weighted by atomic mass is 35.5. The molecule has 1 aromatic heterocycles. The first-order valence-corrected chi connectivity index (χ1v) is 11.6. The molecule has 1 aliphatic rings. The molecule has 1 aliphatic heterocycles. The van der Waals surface area contributed by atoms with Crippen LogP contribution >= 0.6 is 11.6 Å². The minimum atomic E-state index is -3.71. The second-order valence-electron chi connectivity index (χ2n) is 7.16. The van der Waals surface area contributed by atoms with Crippen molar-refractivity contribution in [3.63, 3.8) is 0 Å². The molecule has 0 amide bonds. The van der Waals surface area contributed by atoms with Gasteiger partial charge in [-0.05, 0) is 43.2 Å². The van der Waals surface area contributed by atoms with Crippen LogP contribution in [0.4, 0.5) is 0 Å². The Morgan fingerprint density at radius 2 is 1.90 bits per heavy atom. The Labute approximate surface area is 185 Å². The second kappa shape index (κ2) is 8.86. The van der Waals surface area contributed by atoms with E-state index in [0.29, 0.717) is 41.7 Å². The molecule has 4 rings (SSSR count). The van der Waals surface area contributed by atoms with Gasteiger partial charge in [-0.15, -0.1) is 0 Å². The third-order valence-corrected chi connectivity index (χ3v) is 7.64. The summed E-state index contributed by atoms with van der Waals surface area (Å²) in [5.41, 5.74) is 0.712. The van der Waals surface area contributed by atoms with E-state index in [9.17, 15) is 8.42 Å². The van der Waals surface area contributed by atoms with E-state index in [4.69, 9.17) is 25.6 Å². The summed E-state index contributed by atoms with van der Waals surface area (Å²) in [5, 5.41) is 4.29. The minimum Gasteiger partial charge on any atom is -0.493 e. The summed E-state index contributed by atoms with van der Waals surface area (Å²) >= 11 is 6.13. The molecular formula is C21H22ClN3O5S. The highest BCUT2D eigenvalue weighted by Gasteiger charge is 2.34. The van der Waals surface area contributed by atoms with Crippen LogP contribution in [0.2, 0.25) is 5.02 Å². The molecule has 10 heteroatoms. The fourth-order valence-corrected chi connectivity index (χ4v) is 5.67. The molecule has 0 saturated carbocycles. The summed E-state index contributed by atoms with van der Waals surface area (Å²) in [6, 6.07) is 11.8. The summed E-state index contributed by atoms with van der Waals surface area (Å²) in [6.07, 6.45) is 1.44. The monoisotopic (exact) mass is 463 g/mol. The van der Waals surface area contributed by atoms with Crippen LogP contribution in [0.5, 0.6) is 11.5 Å². The largest absolute Gasteiger partial charge is 0.493 e. The number of sulfonamides is 1. The number of piperidine rings is 1. The SMILES string of the molecule is COc1ccc(-c2noc([C@H]3CCCN(S(=O)(=O)c4ccccc4Cl)C3)n2)cc1OC. The zero-order chi connectivity index (χ0) is 22.0. The normalized spacial score (nSPS) is 17.5. The zero-order valence-electron chi connectivity index (χ0n) is 17.1. The average Bonchev–Trinajstić information content (AvgIpc) is 3.29. The number of benzene rings is 2. The van der Waals surface area contributed by atoms with E-state index in [0.717, 1.165) is 6.42 Å². The van der Waals surface area contributed by atoms with Crippen LogP contribution in [0.3, 0.4) is 0 Å². The number of methoxy groups -OCH3 is 2. The van der Waals surface area contributed by atoms with E-state index in [1.165, 1.54) is 10.4 Å². The van der Waals surface area contributed by atoms with Crippen molar-refractivity contribution in [2.24, 2.45) is 0 Å².